The van der Waals surface area contributed by atoms with Crippen molar-refractivity contribution < 1.29 is 18.3 Å². The summed E-state index contributed by atoms with van der Waals surface area (Å²) in [5.74, 6) is 5.25. The smallest absolute Gasteiger partial charge is 0.199 e. The lowest BCUT2D eigenvalue weighted by atomic mass is 9.60. The Labute approximate surface area is 231 Å². The number of allylic oxidation sites excluding steroid dienone is 6. The zero-order valence-corrected chi connectivity index (χ0v) is 24.7. The van der Waals surface area contributed by atoms with Gasteiger partial charge in [0.15, 0.2) is 11.7 Å². The third kappa shape index (κ3) is 7.45. The number of halogens is 2. The Hall–Kier alpha value is -1.32. The highest BCUT2D eigenvalue weighted by Crippen LogP contribution is 2.50. The van der Waals surface area contributed by atoms with Crippen molar-refractivity contribution in [1.82, 2.24) is 0 Å². The standard InChI is InChI=1S/C34H54F2O2/c1-5-7-24-8-13-31-21-30(19-18-29(31)20-24)28-16-14-27(15-17-28)26-11-9-25(10-12-26)22-38-32(6-2)34(36)33(35)23(3)37-4/h5,7,24-31H,6,8-22H2,1-4H3/b7-5+,33-23-,34-32-. The van der Waals surface area contributed by atoms with Crippen molar-refractivity contribution >= 4 is 0 Å². The van der Waals surface area contributed by atoms with E-state index in [1.165, 1.54) is 91.1 Å². The Bertz CT molecular complexity index is 829. The van der Waals surface area contributed by atoms with E-state index in [0.717, 1.165) is 54.3 Å². The monoisotopic (exact) mass is 532 g/mol. The molecule has 0 aromatic carbocycles. The van der Waals surface area contributed by atoms with Crippen LogP contribution in [-0.2, 0) is 9.47 Å². The molecule has 216 valence electrons. The zero-order valence-electron chi connectivity index (χ0n) is 24.7. The summed E-state index contributed by atoms with van der Waals surface area (Å²) in [6.45, 7) is 5.90. The second-order valence-electron chi connectivity index (χ2n) is 13.1. The lowest BCUT2D eigenvalue weighted by Crippen LogP contribution is -2.35. The van der Waals surface area contributed by atoms with Crippen molar-refractivity contribution in [3.63, 3.8) is 0 Å². The van der Waals surface area contributed by atoms with Crippen molar-refractivity contribution in [1.29, 1.82) is 0 Å². The molecule has 2 nitrogen and oxygen atoms in total. The Morgan fingerprint density at radius 2 is 1.21 bits per heavy atom. The molecule has 0 bridgehead atoms. The summed E-state index contributed by atoms with van der Waals surface area (Å²) >= 11 is 0. The highest BCUT2D eigenvalue weighted by atomic mass is 19.2. The van der Waals surface area contributed by atoms with Crippen LogP contribution < -0.4 is 0 Å². The van der Waals surface area contributed by atoms with Crippen LogP contribution in [0.3, 0.4) is 0 Å². The van der Waals surface area contributed by atoms with Crippen LogP contribution in [0.5, 0.6) is 0 Å². The number of hydrogen-bond donors (Lipinski definition) is 0. The maximum atomic E-state index is 14.5. The van der Waals surface area contributed by atoms with Gasteiger partial charge < -0.3 is 9.47 Å². The van der Waals surface area contributed by atoms with Crippen LogP contribution in [0.25, 0.3) is 0 Å². The first-order valence-corrected chi connectivity index (χ1v) is 16.0. The molecule has 0 aromatic rings. The first kappa shape index (κ1) is 29.7. The van der Waals surface area contributed by atoms with Crippen LogP contribution in [0.1, 0.15) is 117 Å². The highest BCUT2D eigenvalue weighted by molar-refractivity contribution is 5.24. The van der Waals surface area contributed by atoms with E-state index >= 15 is 0 Å². The lowest BCUT2D eigenvalue weighted by Gasteiger charge is -2.46. The van der Waals surface area contributed by atoms with Crippen molar-refractivity contribution in [2.75, 3.05) is 13.7 Å². The first-order valence-electron chi connectivity index (χ1n) is 16.0. The van der Waals surface area contributed by atoms with Crippen molar-refractivity contribution in [3.8, 4) is 0 Å². The summed E-state index contributed by atoms with van der Waals surface area (Å²) in [4.78, 5) is 0. The number of ether oxygens (including phenoxy) is 2. The zero-order chi connectivity index (χ0) is 27.1. The van der Waals surface area contributed by atoms with Gasteiger partial charge in [0.25, 0.3) is 0 Å². The fourth-order valence-corrected chi connectivity index (χ4v) is 8.66. The predicted molar refractivity (Wildman–Crippen MR) is 153 cm³/mol. The molecule has 4 heteroatoms. The Morgan fingerprint density at radius 3 is 1.79 bits per heavy atom. The van der Waals surface area contributed by atoms with Crippen LogP contribution in [0.4, 0.5) is 8.78 Å². The third-order valence-corrected chi connectivity index (χ3v) is 11.1. The first-order chi connectivity index (χ1) is 18.4. The van der Waals surface area contributed by atoms with Crippen molar-refractivity contribution in [2.45, 2.75) is 117 Å². The Kier molecular flexibility index (Phi) is 11.2. The summed E-state index contributed by atoms with van der Waals surface area (Å²) in [5.41, 5.74) is 0. The van der Waals surface area contributed by atoms with Crippen molar-refractivity contribution in [2.24, 2.45) is 47.3 Å². The van der Waals surface area contributed by atoms with E-state index in [2.05, 4.69) is 19.1 Å². The second kappa shape index (κ2) is 14.4. The van der Waals surface area contributed by atoms with Gasteiger partial charge in [0.1, 0.15) is 11.5 Å². The topological polar surface area (TPSA) is 18.5 Å². The molecule has 4 aliphatic carbocycles. The minimum Gasteiger partial charge on any atom is -0.498 e. The molecule has 0 aromatic heterocycles. The van der Waals surface area contributed by atoms with E-state index in [1.54, 1.807) is 6.92 Å². The fourth-order valence-electron chi connectivity index (χ4n) is 8.66. The van der Waals surface area contributed by atoms with E-state index in [1.807, 2.05) is 0 Å². The molecule has 0 radical (unpaired) electrons. The molecule has 4 rings (SSSR count). The Morgan fingerprint density at radius 1 is 0.711 bits per heavy atom. The van der Waals surface area contributed by atoms with Gasteiger partial charge in [-0.15, -0.1) is 0 Å². The molecule has 4 fully saturated rings. The molecule has 4 saturated carbocycles. The van der Waals surface area contributed by atoms with Gasteiger partial charge in [0.05, 0.1) is 13.7 Å². The van der Waals surface area contributed by atoms with E-state index in [9.17, 15) is 8.78 Å². The van der Waals surface area contributed by atoms with Crippen LogP contribution in [0, 0.1) is 47.3 Å². The summed E-state index contributed by atoms with van der Waals surface area (Å²) < 4.78 is 39.3. The minimum absolute atomic E-state index is 0.0489. The SMILES string of the molecule is C/C=C/C1CCC2CC(C3CCC(C4CCC(CO/C(CC)=C(F)/C(F)=C(\C)OC)CC4)CC3)CCC2C1. The molecule has 0 heterocycles. The summed E-state index contributed by atoms with van der Waals surface area (Å²) in [6, 6.07) is 0. The average molecular weight is 533 g/mol. The van der Waals surface area contributed by atoms with Gasteiger partial charge in [0.2, 0.25) is 0 Å². The van der Waals surface area contributed by atoms with E-state index in [-0.39, 0.29) is 11.5 Å². The number of fused-ring (bicyclic) bond motifs is 1. The number of hydrogen-bond acceptors (Lipinski definition) is 2. The summed E-state index contributed by atoms with van der Waals surface area (Å²) in [6.07, 6.45) is 24.6. The van der Waals surface area contributed by atoms with E-state index in [0.29, 0.717) is 18.9 Å². The van der Waals surface area contributed by atoms with Gasteiger partial charge in [-0.05, 0) is 151 Å². The van der Waals surface area contributed by atoms with Crippen molar-refractivity contribution in [3.05, 3.63) is 35.3 Å². The molecule has 0 spiro atoms. The average Bonchev–Trinajstić information content (AvgIpc) is 2.97. The van der Waals surface area contributed by atoms with Crippen LogP contribution in [0.2, 0.25) is 0 Å². The van der Waals surface area contributed by atoms with Crippen LogP contribution in [-0.4, -0.2) is 13.7 Å². The molecular weight excluding hydrogens is 478 g/mol. The predicted octanol–water partition coefficient (Wildman–Crippen LogP) is 10.5. The van der Waals surface area contributed by atoms with Gasteiger partial charge in [-0.3, -0.25) is 0 Å². The highest BCUT2D eigenvalue weighted by Gasteiger charge is 2.39. The number of rotatable bonds is 9. The Balaban J connectivity index is 1.17. The fraction of sp³-hybridized carbons (Fsp3) is 0.824. The van der Waals surface area contributed by atoms with Gasteiger partial charge in [-0.1, -0.05) is 19.1 Å². The summed E-state index contributed by atoms with van der Waals surface area (Å²) in [5, 5.41) is 0. The maximum absolute atomic E-state index is 14.5. The second-order valence-corrected chi connectivity index (χ2v) is 13.1. The summed E-state index contributed by atoms with van der Waals surface area (Å²) in [7, 11) is 1.35. The minimum atomic E-state index is -0.950. The molecule has 0 aliphatic heterocycles. The molecule has 38 heavy (non-hydrogen) atoms. The largest absolute Gasteiger partial charge is 0.498 e. The van der Waals surface area contributed by atoms with E-state index < -0.39 is 11.7 Å². The van der Waals surface area contributed by atoms with Gasteiger partial charge in [-0.2, -0.15) is 8.78 Å². The molecule has 0 saturated heterocycles. The molecule has 4 aliphatic rings. The third-order valence-electron chi connectivity index (χ3n) is 11.1. The maximum Gasteiger partial charge on any atom is 0.199 e. The van der Waals surface area contributed by atoms with Gasteiger partial charge in [0, 0.05) is 6.42 Å². The molecule has 0 amide bonds. The lowest BCUT2D eigenvalue weighted by molar-refractivity contribution is 0.0533. The quantitative estimate of drug-likeness (QED) is 0.167. The van der Waals surface area contributed by atoms with Gasteiger partial charge in [-0.25, -0.2) is 0 Å². The molecule has 4 atom stereocenters. The number of methoxy groups -OCH3 is 1. The van der Waals surface area contributed by atoms with E-state index in [4.69, 9.17) is 9.47 Å². The molecular formula is C34H54F2O2. The normalized spacial score (nSPS) is 37.7. The molecule has 4 unspecified atom stereocenters. The van der Waals surface area contributed by atoms with Crippen LogP contribution >= 0.6 is 0 Å². The molecule has 0 N–H and O–H groups in total. The van der Waals surface area contributed by atoms with Gasteiger partial charge >= 0.3 is 0 Å². The van der Waals surface area contributed by atoms with Crippen LogP contribution in [0.15, 0.2) is 35.3 Å².